The fourth-order valence-electron chi connectivity index (χ4n) is 2.17. The van der Waals surface area contributed by atoms with Gasteiger partial charge in [-0.1, -0.05) is 19.9 Å². The lowest BCUT2D eigenvalue weighted by atomic mass is 10.1. The van der Waals surface area contributed by atoms with Gasteiger partial charge in [0.25, 0.3) is 5.91 Å². The van der Waals surface area contributed by atoms with Gasteiger partial charge < -0.3 is 10.0 Å². The summed E-state index contributed by atoms with van der Waals surface area (Å²) in [5.41, 5.74) is 0.566. The van der Waals surface area contributed by atoms with Gasteiger partial charge in [-0.15, -0.1) is 0 Å². The Labute approximate surface area is 106 Å². The second-order valence-corrected chi connectivity index (χ2v) is 6.40. The average molecular weight is 251 g/mol. The largest absolute Gasteiger partial charge is 0.508 e. The second-order valence-electron chi connectivity index (χ2n) is 4.52. The van der Waals surface area contributed by atoms with Gasteiger partial charge in [-0.05, 0) is 18.2 Å². The Bertz CT molecular complexity index is 412. The Morgan fingerprint density at radius 2 is 2.00 bits per heavy atom. The van der Waals surface area contributed by atoms with E-state index in [2.05, 4.69) is 13.8 Å². The summed E-state index contributed by atoms with van der Waals surface area (Å²) in [7, 11) is 0. The average Bonchev–Trinajstić information content (AvgIpc) is 2.26. The topological polar surface area (TPSA) is 40.5 Å². The molecule has 1 aromatic rings. The van der Waals surface area contributed by atoms with E-state index in [1.807, 2.05) is 16.7 Å². The molecule has 0 radical (unpaired) electrons. The van der Waals surface area contributed by atoms with E-state index in [-0.39, 0.29) is 11.7 Å². The van der Waals surface area contributed by atoms with E-state index in [4.69, 9.17) is 0 Å². The molecule has 92 valence electrons. The predicted octanol–water partition coefficient (Wildman–Crippen LogP) is 2.36. The standard InChI is InChI=1S/C13H17NO2S/c1-9-7-14(8-10(2)17-9)13(16)11-4-3-5-12(15)6-11/h3-6,9-10,15H,7-8H2,1-2H3. The lowest BCUT2D eigenvalue weighted by molar-refractivity contribution is 0.0753. The van der Waals surface area contributed by atoms with Crippen LogP contribution in [0.1, 0.15) is 24.2 Å². The Balaban J connectivity index is 2.14. The van der Waals surface area contributed by atoms with Gasteiger partial charge in [0.05, 0.1) is 0 Å². The molecule has 0 aromatic heterocycles. The summed E-state index contributed by atoms with van der Waals surface area (Å²) in [4.78, 5) is 14.1. The van der Waals surface area contributed by atoms with E-state index in [1.54, 1.807) is 18.2 Å². The molecule has 0 spiro atoms. The highest BCUT2D eigenvalue weighted by Crippen LogP contribution is 2.26. The molecule has 2 unspecified atom stereocenters. The number of nitrogens with zero attached hydrogens (tertiary/aromatic N) is 1. The van der Waals surface area contributed by atoms with Crippen molar-refractivity contribution in [2.75, 3.05) is 13.1 Å². The van der Waals surface area contributed by atoms with E-state index in [0.717, 1.165) is 13.1 Å². The molecule has 1 amide bonds. The first-order valence-electron chi connectivity index (χ1n) is 5.80. The molecule has 1 N–H and O–H groups in total. The van der Waals surface area contributed by atoms with E-state index < -0.39 is 0 Å². The minimum atomic E-state index is 0.0138. The van der Waals surface area contributed by atoms with E-state index in [1.165, 1.54) is 6.07 Å². The van der Waals surface area contributed by atoms with Crippen molar-refractivity contribution in [3.8, 4) is 5.75 Å². The number of hydrogen-bond acceptors (Lipinski definition) is 3. The van der Waals surface area contributed by atoms with Crippen molar-refractivity contribution in [1.82, 2.24) is 4.90 Å². The molecule has 1 aliphatic rings. The number of phenols is 1. The Morgan fingerprint density at radius 3 is 2.59 bits per heavy atom. The summed E-state index contributed by atoms with van der Waals surface area (Å²) in [5.74, 6) is 0.156. The molecular weight excluding hydrogens is 234 g/mol. The molecule has 1 aliphatic heterocycles. The van der Waals surface area contributed by atoms with Gasteiger partial charge in [-0.2, -0.15) is 11.8 Å². The quantitative estimate of drug-likeness (QED) is 0.833. The van der Waals surface area contributed by atoms with Crippen LogP contribution in [0.3, 0.4) is 0 Å². The van der Waals surface area contributed by atoms with Crippen LogP contribution >= 0.6 is 11.8 Å². The fraction of sp³-hybridized carbons (Fsp3) is 0.462. The summed E-state index contributed by atoms with van der Waals surface area (Å²) in [6, 6.07) is 6.56. The minimum Gasteiger partial charge on any atom is -0.508 e. The van der Waals surface area contributed by atoms with Crippen LogP contribution in [-0.2, 0) is 0 Å². The van der Waals surface area contributed by atoms with Crippen LogP contribution in [0.15, 0.2) is 24.3 Å². The van der Waals surface area contributed by atoms with Crippen molar-refractivity contribution in [2.24, 2.45) is 0 Å². The summed E-state index contributed by atoms with van der Waals surface area (Å²) in [5, 5.41) is 10.3. The molecule has 2 rings (SSSR count). The monoisotopic (exact) mass is 251 g/mol. The van der Waals surface area contributed by atoms with E-state index in [0.29, 0.717) is 16.1 Å². The molecule has 0 saturated carbocycles. The number of carbonyl (C=O) groups excluding carboxylic acids is 1. The van der Waals surface area contributed by atoms with Crippen molar-refractivity contribution in [3.63, 3.8) is 0 Å². The van der Waals surface area contributed by atoms with Gasteiger partial charge in [-0.3, -0.25) is 4.79 Å². The first-order valence-corrected chi connectivity index (χ1v) is 6.74. The summed E-state index contributed by atoms with van der Waals surface area (Å²) in [6.45, 7) is 5.85. The number of hydrogen-bond donors (Lipinski definition) is 1. The molecule has 3 nitrogen and oxygen atoms in total. The maximum absolute atomic E-state index is 12.2. The summed E-state index contributed by atoms with van der Waals surface area (Å²) in [6.07, 6.45) is 0. The number of thioether (sulfide) groups is 1. The van der Waals surface area contributed by atoms with Crippen LogP contribution in [-0.4, -0.2) is 39.5 Å². The zero-order chi connectivity index (χ0) is 12.4. The van der Waals surface area contributed by atoms with Crippen molar-refractivity contribution >= 4 is 17.7 Å². The molecule has 17 heavy (non-hydrogen) atoms. The maximum atomic E-state index is 12.2. The number of phenolic OH excluding ortho intramolecular Hbond substituents is 1. The number of rotatable bonds is 1. The highest BCUT2D eigenvalue weighted by atomic mass is 32.2. The molecule has 4 heteroatoms. The zero-order valence-corrected chi connectivity index (χ0v) is 10.9. The van der Waals surface area contributed by atoms with E-state index in [9.17, 15) is 9.90 Å². The van der Waals surface area contributed by atoms with Crippen LogP contribution in [0.4, 0.5) is 0 Å². The number of amides is 1. The summed E-state index contributed by atoms with van der Waals surface area (Å²) >= 11 is 1.92. The SMILES string of the molecule is CC1CN(C(=O)c2cccc(O)c2)CC(C)S1. The van der Waals surface area contributed by atoms with Crippen LogP contribution in [0, 0.1) is 0 Å². The van der Waals surface area contributed by atoms with E-state index >= 15 is 0 Å². The van der Waals surface area contributed by atoms with Gasteiger partial charge in [0.2, 0.25) is 0 Å². The smallest absolute Gasteiger partial charge is 0.254 e. The van der Waals surface area contributed by atoms with Crippen LogP contribution in [0.5, 0.6) is 5.75 Å². The lowest BCUT2D eigenvalue weighted by Crippen LogP contribution is -2.44. The van der Waals surface area contributed by atoms with Gasteiger partial charge in [0, 0.05) is 29.2 Å². The van der Waals surface area contributed by atoms with Gasteiger partial charge in [0.15, 0.2) is 0 Å². The number of benzene rings is 1. The molecule has 0 aliphatic carbocycles. The molecule has 1 heterocycles. The third kappa shape index (κ3) is 2.94. The predicted molar refractivity (Wildman–Crippen MR) is 70.5 cm³/mol. The maximum Gasteiger partial charge on any atom is 0.254 e. The van der Waals surface area contributed by atoms with Crippen molar-refractivity contribution in [2.45, 2.75) is 24.3 Å². The fourth-order valence-corrected chi connectivity index (χ4v) is 3.49. The number of carbonyl (C=O) groups is 1. The first-order chi connectivity index (χ1) is 8.06. The van der Waals surface area contributed by atoms with Crippen LogP contribution < -0.4 is 0 Å². The van der Waals surface area contributed by atoms with Crippen LogP contribution in [0.25, 0.3) is 0 Å². The molecular formula is C13H17NO2S. The molecule has 1 saturated heterocycles. The van der Waals surface area contributed by atoms with Gasteiger partial charge in [-0.25, -0.2) is 0 Å². The molecule has 0 bridgehead atoms. The van der Waals surface area contributed by atoms with Crippen molar-refractivity contribution in [1.29, 1.82) is 0 Å². The number of aromatic hydroxyl groups is 1. The minimum absolute atomic E-state index is 0.0138. The third-order valence-electron chi connectivity index (χ3n) is 2.80. The molecule has 1 fully saturated rings. The van der Waals surface area contributed by atoms with Gasteiger partial charge in [0.1, 0.15) is 5.75 Å². The first kappa shape index (κ1) is 12.3. The summed E-state index contributed by atoms with van der Waals surface area (Å²) < 4.78 is 0. The highest BCUT2D eigenvalue weighted by Gasteiger charge is 2.26. The van der Waals surface area contributed by atoms with Crippen molar-refractivity contribution in [3.05, 3.63) is 29.8 Å². The van der Waals surface area contributed by atoms with Gasteiger partial charge >= 0.3 is 0 Å². The Morgan fingerprint density at radius 1 is 1.35 bits per heavy atom. The van der Waals surface area contributed by atoms with Crippen molar-refractivity contribution < 1.29 is 9.90 Å². The Hall–Kier alpha value is -1.16. The lowest BCUT2D eigenvalue weighted by Gasteiger charge is -2.34. The zero-order valence-electron chi connectivity index (χ0n) is 10.1. The molecule has 2 atom stereocenters. The normalized spacial score (nSPS) is 24.7. The third-order valence-corrected chi connectivity index (χ3v) is 4.03. The van der Waals surface area contributed by atoms with Crippen LogP contribution in [0.2, 0.25) is 0 Å². The Kier molecular flexibility index (Phi) is 3.62. The highest BCUT2D eigenvalue weighted by molar-refractivity contribution is 8.00. The molecule has 1 aromatic carbocycles. The second kappa shape index (κ2) is 5.00.